The van der Waals surface area contributed by atoms with Crippen molar-refractivity contribution in [2.45, 2.75) is 26.1 Å². The van der Waals surface area contributed by atoms with Gasteiger partial charge in [0, 0.05) is 6.54 Å². The first-order valence-electron chi connectivity index (χ1n) is 6.36. The van der Waals surface area contributed by atoms with Crippen molar-refractivity contribution in [2.24, 2.45) is 0 Å². The molecule has 0 heterocycles. The van der Waals surface area contributed by atoms with E-state index >= 15 is 0 Å². The number of carbonyl (C=O) groups is 2. The van der Waals surface area contributed by atoms with Crippen molar-refractivity contribution < 1.29 is 27.5 Å². The second-order valence-electron chi connectivity index (χ2n) is 4.33. The fourth-order valence-corrected chi connectivity index (χ4v) is 1.68. The van der Waals surface area contributed by atoms with Gasteiger partial charge in [0.05, 0.1) is 6.61 Å². The molecule has 0 saturated carbocycles. The Kier molecular flexibility index (Phi) is 6.20. The Labute approximate surface area is 120 Å². The molecule has 0 unspecified atom stereocenters. The van der Waals surface area contributed by atoms with Crippen LogP contribution in [-0.2, 0) is 20.9 Å². The molecule has 0 aliphatic heterocycles. The zero-order chi connectivity index (χ0) is 15.9. The highest BCUT2D eigenvalue weighted by Crippen LogP contribution is 2.21. The molecule has 0 N–H and O–H groups in total. The number of hydrogen-bond donors (Lipinski definition) is 0. The summed E-state index contributed by atoms with van der Waals surface area (Å²) in [6.45, 7) is 1.11. The molecule has 0 fully saturated rings. The Bertz CT molecular complexity index is 474. The van der Waals surface area contributed by atoms with Crippen LogP contribution in [-0.4, -0.2) is 36.1 Å². The third kappa shape index (κ3) is 6.78. The fraction of sp³-hybridized carbons (Fsp3) is 0.429. The summed E-state index contributed by atoms with van der Waals surface area (Å²) < 4.78 is 41.7. The molecule has 116 valence electrons. The maximum atomic E-state index is 12.3. The van der Waals surface area contributed by atoms with Gasteiger partial charge in [0.25, 0.3) is 0 Å². The molecule has 1 aromatic rings. The van der Waals surface area contributed by atoms with E-state index in [1.54, 1.807) is 37.3 Å². The van der Waals surface area contributed by atoms with Gasteiger partial charge in [-0.05, 0) is 12.5 Å². The summed E-state index contributed by atoms with van der Waals surface area (Å²) in [5, 5.41) is 0. The van der Waals surface area contributed by atoms with E-state index in [9.17, 15) is 22.8 Å². The topological polar surface area (TPSA) is 46.6 Å². The fourth-order valence-electron chi connectivity index (χ4n) is 1.68. The number of benzene rings is 1. The number of esters is 1. The van der Waals surface area contributed by atoms with Gasteiger partial charge in [-0.15, -0.1) is 0 Å². The number of nitrogens with zero attached hydrogens (tertiary/aromatic N) is 1. The quantitative estimate of drug-likeness (QED) is 0.759. The predicted molar refractivity (Wildman–Crippen MR) is 69.2 cm³/mol. The molecule has 4 nitrogen and oxygen atoms in total. The molecule has 1 rings (SSSR count). The van der Waals surface area contributed by atoms with Crippen LogP contribution < -0.4 is 0 Å². The number of ether oxygens (including phenoxy) is 1. The van der Waals surface area contributed by atoms with E-state index in [4.69, 9.17) is 0 Å². The number of carbonyl (C=O) groups excluding carboxylic acids is 2. The van der Waals surface area contributed by atoms with Crippen molar-refractivity contribution in [3.05, 3.63) is 35.9 Å². The average molecular weight is 303 g/mol. The molecule has 0 aromatic heterocycles. The van der Waals surface area contributed by atoms with Crippen LogP contribution >= 0.6 is 0 Å². The van der Waals surface area contributed by atoms with E-state index in [0.717, 1.165) is 4.90 Å². The van der Waals surface area contributed by atoms with Gasteiger partial charge in [-0.2, -0.15) is 13.2 Å². The van der Waals surface area contributed by atoms with Gasteiger partial charge in [0.15, 0.2) is 0 Å². The predicted octanol–water partition coefficient (Wildman–Crippen LogP) is 2.53. The van der Waals surface area contributed by atoms with Gasteiger partial charge in [0.1, 0.15) is 13.0 Å². The van der Waals surface area contributed by atoms with Crippen molar-refractivity contribution in [1.29, 1.82) is 0 Å². The van der Waals surface area contributed by atoms with Crippen LogP contribution in [0, 0.1) is 0 Å². The number of hydrogen-bond acceptors (Lipinski definition) is 3. The standard InChI is InChI=1S/C14H16F3NO3/c1-2-21-13(20)10-18(12(19)8-14(15,16)17)9-11-6-4-3-5-7-11/h3-7H,2,8-10H2,1H3. The first-order valence-corrected chi connectivity index (χ1v) is 6.36. The highest BCUT2D eigenvalue weighted by atomic mass is 19.4. The van der Waals surface area contributed by atoms with Crippen LogP contribution in [0.15, 0.2) is 30.3 Å². The molecule has 0 aliphatic rings. The van der Waals surface area contributed by atoms with Crippen LogP contribution in [0.3, 0.4) is 0 Å². The SMILES string of the molecule is CCOC(=O)CN(Cc1ccccc1)C(=O)CC(F)(F)F. The first kappa shape index (κ1) is 17.0. The molecule has 7 heteroatoms. The number of rotatable bonds is 6. The molecule has 1 amide bonds. The molecule has 0 spiro atoms. The molecule has 0 atom stereocenters. The summed E-state index contributed by atoms with van der Waals surface area (Å²) in [5.41, 5.74) is 0.636. The lowest BCUT2D eigenvalue weighted by atomic mass is 10.2. The van der Waals surface area contributed by atoms with Gasteiger partial charge in [-0.3, -0.25) is 9.59 Å². The largest absolute Gasteiger partial charge is 0.465 e. The molecular weight excluding hydrogens is 287 g/mol. The Morgan fingerprint density at radius 3 is 2.33 bits per heavy atom. The minimum Gasteiger partial charge on any atom is -0.465 e. The van der Waals surface area contributed by atoms with Crippen LogP contribution in [0.2, 0.25) is 0 Å². The summed E-state index contributed by atoms with van der Waals surface area (Å²) >= 11 is 0. The first-order chi connectivity index (χ1) is 9.81. The van der Waals surface area contributed by atoms with Crippen molar-refractivity contribution in [3.63, 3.8) is 0 Å². The van der Waals surface area contributed by atoms with Crippen LogP contribution in [0.1, 0.15) is 18.9 Å². The summed E-state index contributed by atoms with van der Waals surface area (Å²) in [6.07, 6.45) is -6.21. The minimum absolute atomic E-state index is 0.0748. The van der Waals surface area contributed by atoms with Crippen molar-refractivity contribution in [3.8, 4) is 0 Å². The Morgan fingerprint density at radius 1 is 1.19 bits per heavy atom. The van der Waals surface area contributed by atoms with Gasteiger partial charge < -0.3 is 9.64 Å². The molecule has 0 saturated heterocycles. The summed E-state index contributed by atoms with van der Waals surface area (Å²) in [5.74, 6) is -1.89. The Balaban J connectivity index is 2.78. The van der Waals surface area contributed by atoms with Crippen LogP contribution in [0.5, 0.6) is 0 Å². The summed E-state index contributed by atoms with van der Waals surface area (Å²) in [4.78, 5) is 24.0. The lowest BCUT2D eigenvalue weighted by Crippen LogP contribution is -2.38. The third-order valence-electron chi connectivity index (χ3n) is 2.55. The van der Waals surface area contributed by atoms with Gasteiger partial charge >= 0.3 is 12.1 Å². The molecule has 1 aromatic carbocycles. The van der Waals surface area contributed by atoms with E-state index in [2.05, 4.69) is 4.74 Å². The second-order valence-corrected chi connectivity index (χ2v) is 4.33. The van der Waals surface area contributed by atoms with E-state index in [1.807, 2.05) is 0 Å². The lowest BCUT2D eigenvalue weighted by molar-refractivity contribution is -0.165. The number of halogens is 3. The number of alkyl halides is 3. The monoisotopic (exact) mass is 303 g/mol. The number of amides is 1. The van der Waals surface area contributed by atoms with Crippen molar-refractivity contribution in [2.75, 3.05) is 13.2 Å². The zero-order valence-electron chi connectivity index (χ0n) is 11.5. The van der Waals surface area contributed by atoms with Crippen molar-refractivity contribution in [1.82, 2.24) is 4.90 Å². The molecular formula is C14H16F3NO3. The maximum Gasteiger partial charge on any atom is 0.397 e. The average Bonchev–Trinajstić information content (AvgIpc) is 2.37. The smallest absolute Gasteiger partial charge is 0.397 e. The van der Waals surface area contributed by atoms with Crippen LogP contribution in [0.25, 0.3) is 0 Å². The Morgan fingerprint density at radius 2 is 1.81 bits per heavy atom. The second kappa shape index (κ2) is 7.66. The molecule has 0 aliphatic carbocycles. The lowest BCUT2D eigenvalue weighted by Gasteiger charge is -2.22. The highest BCUT2D eigenvalue weighted by molar-refractivity contribution is 5.82. The minimum atomic E-state index is -4.61. The van der Waals surface area contributed by atoms with Crippen molar-refractivity contribution >= 4 is 11.9 Å². The highest BCUT2D eigenvalue weighted by Gasteiger charge is 2.34. The third-order valence-corrected chi connectivity index (χ3v) is 2.55. The van der Waals surface area contributed by atoms with E-state index in [0.29, 0.717) is 5.56 Å². The Hall–Kier alpha value is -2.05. The van der Waals surface area contributed by atoms with Gasteiger partial charge in [-0.1, -0.05) is 30.3 Å². The normalized spacial score (nSPS) is 11.0. The van der Waals surface area contributed by atoms with E-state index in [-0.39, 0.29) is 13.2 Å². The zero-order valence-corrected chi connectivity index (χ0v) is 11.5. The van der Waals surface area contributed by atoms with E-state index < -0.39 is 31.0 Å². The maximum absolute atomic E-state index is 12.3. The summed E-state index contributed by atoms with van der Waals surface area (Å²) in [7, 11) is 0. The molecule has 0 radical (unpaired) electrons. The van der Waals surface area contributed by atoms with Crippen LogP contribution in [0.4, 0.5) is 13.2 Å². The van der Waals surface area contributed by atoms with Gasteiger partial charge in [-0.25, -0.2) is 0 Å². The van der Waals surface area contributed by atoms with Gasteiger partial charge in [0.2, 0.25) is 5.91 Å². The van der Waals surface area contributed by atoms with E-state index in [1.165, 1.54) is 0 Å². The summed E-state index contributed by atoms with van der Waals surface area (Å²) in [6, 6.07) is 8.48. The molecule has 21 heavy (non-hydrogen) atoms. The molecule has 0 bridgehead atoms.